The monoisotopic (exact) mass is 284 g/mol. The van der Waals surface area contributed by atoms with Crippen molar-refractivity contribution in [2.75, 3.05) is 20.1 Å². The largest absolute Gasteiger partial charge is 0.481 e. The number of nitrogens with zero attached hydrogens (tertiary/aromatic N) is 2. The van der Waals surface area contributed by atoms with Crippen LogP contribution in [0.4, 0.5) is 4.79 Å². The van der Waals surface area contributed by atoms with Gasteiger partial charge in [0.15, 0.2) is 0 Å². The maximum Gasteiger partial charge on any atom is 0.320 e. The number of hydrogen-bond acceptors (Lipinski definition) is 3. The molecule has 6 heteroatoms. The lowest BCUT2D eigenvalue weighted by atomic mass is 10.3. The Morgan fingerprint density at radius 1 is 1.42 bits per heavy atom. The Hall–Kier alpha value is -1.56. The van der Waals surface area contributed by atoms with E-state index in [2.05, 4.69) is 0 Å². The molecule has 0 saturated heterocycles. The SMILES string of the molecule is CCN(Cc1cccs1)C(=O)N(C)CCCC(=O)O. The number of urea groups is 1. The number of thiophene rings is 1. The number of carbonyl (C=O) groups excluding carboxylic acids is 1. The minimum absolute atomic E-state index is 0.0544. The topological polar surface area (TPSA) is 60.9 Å². The van der Waals surface area contributed by atoms with E-state index in [0.717, 1.165) is 4.88 Å². The van der Waals surface area contributed by atoms with Crippen LogP contribution in [0.25, 0.3) is 0 Å². The minimum atomic E-state index is -0.827. The van der Waals surface area contributed by atoms with Crippen molar-refractivity contribution in [2.24, 2.45) is 0 Å². The normalized spacial score (nSPS) is 10.2. The highest BCUT2D eigenvalue weighted by atomic mass is 32.1. The van der Waals surface area contributed by atoms with Crippen LogP contribution in [0.5, 0.6) is 0 Å². The van der Waals surface area contributed by atoms with Gasteiger partial charge in [-0.25, -0.2) is 4.79 Å². The van der Waals surface area contributed by atoms with Gasteiger partial charge in [-0.05, 0) is 24.8 Å². The molecule has 0 radical (unpaired) electrons. The van der Waals surface area contributed by atoms with Crippen molar-refractivity contribution in [3.63, 3.8) is 0 Å². The van der Waals surface area contributed by atoms with E-state index in [4.69, 9.17) is 5.11 Å². The maximum atomic E-state index is 12.2. The van der Waals surface area contributed by atoms with Gasteiger partial charge in [0.2, 0.25) is 0 Å². The Morgan fingerprint density at radius 2 is 2.16 bits per heavy atom. The highest BCUT2D eigenvalue weighted by Crippen LogP contribution is 2.13. The molecule has 0 fully saturated rings. The van der Waals surface area contributed by atoms with Crippen molar-refractivity contribution in [3.8, 4) is 0 Å². The Morgan fingerprint density at radius 3 is 2.68 bits per heavy atom. The summed E-state index contributed by atoms with van der Waals surface area (Å²) in [6.45, 7) is 3.65. The van der Waals surface area contributed by atoms with Crippen LogP contribution in [-0.2, 0) is 11.3 Å². The summed E-state index contributed by atoms with van der Waals surface area (Å²) in [7, 11) is 1.71. The number of carboxylic acid groups (broad SMARTS) is 1. The molecule has 0 unspecified atom stereocenters. The summed E-state index contributed by atoms with van der Waals surface area (Å²) in [6, 6.07) is 3.92. The van der Waals surface area contributed by atoms with Crippen LogP contribution in [-0.4, -0.2) is 47.0 Å². The zero-order valence-electron chi connectivity index (χ0n) is 11.3. The van der Waals surface area contributed by atoms with E-state index in [0.29, 0.717) is 26.1 Å². The van der Waals surface area contributed by atoms with Crippen molar-refractivity contribution in [1.29, 1.82) is 0 Å². The summed E-state index contributed by atoms with van der Waals surface area (Å²) in [5.41, 5.74) is 0. The highest BCUT2D eigenvalue weighted by molar-refractivity contribution is 7.09. The van der Waals surface area contributed by atoms with Crippen molar-refractivity contribution in [3.05, 3.63) is 22.4 Å². The molecule has 0 atom stereocenters. The average molecular weight is 284 g/mol. The second-order valence-corrected chi connectivity index (χ2v) is 5.33. The lowest BCUT2D eigenvalue weighted by molar-refractivity contribution is -0.137. The molecule has 106 valence electrons. The zero-order valence-corrected chi connectivity index (χ0v) is 12.2. The van der Waals surface area contributed by atoms with Gasteiger partial charge < -0.3 is 14.9 Å². The van der Waals surface area contributed by atoms with E-state index in [1.54, 1.807) is 28.2 Å². The van der Waals surface area contributed by atoms with Crippen molar-refractivity contribution in [2.45, 2.75) is 26.3 Å². The summed E-state index contributed by atoms with van der Waals surface area (Å²) < 4.78 is 0. The predicted octanol–water partition coefficient (Wildman–Crippen LogP) is 2.49. The number of amides is 2. The molecular formula is C13H20N2O3S. The van der Waals surface area contributed by atoms with Gasteiger partial charge >= 0.3 is 12.0 Å². The van der Waals surface area contributed by atoms with Crippen LogP contribution in [0.15, 0.2) is 17.5 Å². The molecule has 0 saturated carbocycles. The number of rotatable bonds is 7. The first-order valence-electron chi connectivity index (χ1n) is 6.28. The van der Waals surface area contributed by atoms with Crippen LogP contribution in [0.3, 0.4) is 0 Å². The van der Waals surface area contributed by atoms with Gasteiger partial charge in [-0.15, -0.1) is 11.3 Å². The van der Waals surface area contributed by atoms with Crippen LogP contribution >= 0.6 is 11.3 Å². The molecule has 0 aromatic carbocycles. The molecule has 0 spiro atoms. The Kier molecular flexibility index (Phi) is 6.35. The number of carboxylic acids is 1. The fourth-order valence-corrected chi connectivity index (χ4v) is 2.43. The van der Waals surface area contributed by atoms with Crippen molar-refractivity contribution < 1.29 is 14.7 Å². The number of hydrogen-bond donors (Lipinski definition) is 1. The molecule has 0 aliphatic carbocycles. The summed E-state index contributed by atoms with van der Waals surface area (Å²) in [6.07, 6.45) is 0.572. The average Bonchev–Trinajstić information content (AvgIpc) is 2.87. The quantitative estimate of drug-likeness (QED) is 0.836. The molecule has 0 aliphatic heterocycles. The van der Waals surface area contributed by atoms with Crippen molar-refractivity contribution >= 4 is 23.3 Å². The second-order valence-electron chi connectivity index (χ2n) is 4.29. The van der Waals surface area contributed by atoms with Gasteiger partial charge in [0, 0.05) is 31.4 Å². The Labute approximate surface area is 117 Å². The molecule has 5 nitrogen and oxygen atoms in total. The van der Waals surface area contributed by atoms with Gasteiger partial charge in [0.25, 0.3) is 0 Å². The van der Waals surface area contributed by atoms with E-state index in [9.17, 15) is 9.59 Å². The van der Waals surface area contributed by atoms with Crippen molar-refractivity contribution in [1.82, 2.24) is 9.80 Å². The molecule has 0 aliphatic rings. The third-order valence-electron chi connectivity index (χ3n) is 2.79. The first-order chi connectivity index (χ1) is 9.04. The van der Waals surface area contributed by atoms with Crippen LogP contribution < -0.4 is 0 Å². The fourth-order valence-electron chi connectivity index (χ4n) is 1.71. The number of carbonyl (C=O) groups is 2. The molecule has 1 aromatic heterocycles. The third kappa shape index (κ3) is 5.30. The second kappa shape index (κ2) is 7.78. The van der Waals surface area contributed by atoms with E-state index in [1.807, 2.05) is 24.4 Å². The fraction of sp³-hybridized carbons (Fsp3) is 0.538. The van der Waals surface area contributed by atoms with Crippen LogP contribution in [0.1, 0.15) is 24.6 Å². The minimum Gasteiger partial charge on any atom is -0.481 e. The summed E-state index contributed by atoms with van der Waals surface area (Å²) in [5.74, 6) is -0.827. The standard InChI is InChI=1S/C13H20N2O3S/c1-3-15(10-11-6-5-9-19-11)13(18)14(2)8-4-7-12(16)17/h5-6,9H,3-4,7-8,10H2,1-2H3,(H,16,17). The van der Waals surface area contributed by atoms with Crippen LogP contribution in [0.2, 0.25) is 0 Å². The molecule has 1 rings (SSSR count). The molecule has 0 bridgehead atoms. The maximum absolute atomic E-state index is 12.2. The Bertz CT molecular complexity index is 406. The van der Waals surface area contributed by atoms with E-state index >= 15 is 0 Å². The van der Waals surface area contributed by atoms with Gasteiger partial charge in [-0.1, -0.05) is 6.07 Å². The van der Waals surface area contributed by atoms with Gasteiger partial charge in [-0.2, -0.15) is 0 Å². The van der Waals surface area contributed by atoms with Gasteiger partial charge in [0.05, 0.1) is 6.54 Å². The van der Waals surface area contributed by atoms with E-state index in [-0.39, 0.29) is 12.5 Å². The Balaban J connectivity index is 2.45. The molecule has 1 N–H and O–H groups in total. The van der Waals surface area contributed by atoms with Crippen LogP contribution in [0, 0.1) is 0 Å². The molecule has 19 heavy (non-hydrogen) atoms. The van der Waals surface area contributed by atoms with E-state index in [1.165, 1.54) is 0 Å². The van der Waals surface area contributed by atoms with Gasteiger partial charge in [-0.3, -0.25) is 4.79 Å². The third-order valence-corrected chi connectivity index (χ3v) is 3.65. The first kappa shape index (κ1) is 15.5. The lowest BCUT2D eigenvalue weighted by Gasteiger charge is -2.26. The molecule has 1 aromatic rings. The first-order valence-corrected chi connectivity index (χ1v) is 7.16. The summed E-state index contributed by atoms with van der Waals surface area (Å²) in [4.78, 5) is 27.1. The molecular weight excluding hydrogens is 264 g/mol. The number of aliphatic carboxylic acids is 1. The zero-order chi connectivity index (χ0) is 14.3. The van der Waals surface area contributed by atoms with E-state index < -0.39 is 5.97 Å². The predicted molar refractivity (Wildman–Crippen MR) is 75.3 cm³/mol. The molecule has 1 heterocycles. The summed E-state index contributed by atoms with van der Waals surface area (Å²) >= 11 is 1.63. The summed E-state index contributed by atoms with van der Waals surface area (Å²) in [5, 5.41) is 10.6. The lowest BCUT2D eigenvalue weighted by Crippen LogP contribution is -2.41. The molecule has 2 amide bonds. The highest BCUT2D eigenvalue weighted by Gasteiger charge is 2.17. The van der Waals surface area contributed by atoms with Gasteiger partial charge in [0.1, 0.15) is 0 Å². The smallest absolute Gasteiger partial charge is 0.320 e.